The molecule has 0 saturated carbocycles. The zero-order valence-electron chi connectivity index (χ0n) is 9.31. The van der Waals surface area contributed by atoms with Gasteiger partial charge in [-0.05, 0) is 33.3 Å². The third-order valence-electron chi connectivity index (χ3n) is 1.93. The van der Waals surface area contributed by atoms with Gasteiger partial charge in [0.05, 0.1) is 0 Å². The lowest BCUT2D eigenvalue weighted by Gasteiger charge is -2.31. The largest absolute Gasteiger partial charge is 0.364 e. The van der Waals surface area contributed by atoms with Gasteiger partial charge in [-0.15, -0.1) is 0 Å². The maximum absolute atomic E-state index is 2.37. The van der Waals surface area contributed by atoms with Gasteiger partial charge < -0.3 is 9.80 Å². The van der Waals surface area contributed by atoms with E-state index < -0.39 is 0 Å². The molecule has 0 N–H and O–H groups in total. The smallest absolute Gasteiger partial charge is 0.102 e. The van der Waals surface area contributed by atoms with Crippen molar-refractivity contribution in [3.05, 3.63) is 11.4 Å². The molecule has 2 nitrogen and oxygen atoms in total. The fourth-order valence-corrected chi connectivity index (χ4v) is 1.57. The Morgan fingerprint density at radius 1 is 1.00 bits per heavy atom. The summed E-state index contributed by atoms with van der Waals surface area (Å²) >= 11 is 0. The second-order valence-corrected chi connectivity index (χ2v) is 3.39. The minimum absolute atomic E-state index is 1.08. The number of nitrogens with zero attached hydrogens (tertiary/aromatic N) is 2. The van der Waals surface area contributed by atoms with E-state index in [0.29, 0.717) is 0 Å². The van der Waals surface area contributed by atoms with E-state index in [1.807, 2.05) is 0 Å². The van der Waals surface area contributed by atoms with Crippen molar-refractivity contribution in [2.45, 2.75) is 27.7 Å². The molecule has 0 bridgehead atoms. The van der Waals surface area contributed by atoms with Crippen LogP contribution in [0.2, 0.25) is 0 Å². The molecule has 72 valence electrons. The fraction of sp³-hybridized carbons (Fsp3) is 0.800. The molecule has 0 spiro atoms. The zero-order valence-corrected chi connectivity index (χ0v) is 9.31. The minimum Gasteiger partial charge on any atom is -0.364 e. The highest BCUT2D eigenvalue weighted by Gasteiger charge is 2.08. The molecule has 0 aromatic heterocycles. The molecule has 0 radical (unpaired) electrons. The van der Waals surface area contributed by atoms with Crippen molar-refractivity contribution in [2.24, 2.45) is 0 Å². The van der Waals surface area contributed by atoms with Gasteiger partial charge in [0.25, 0.3) is 0 Å². The van der Waals surface area contributed by atoms with Crippen molar-refractivity contribution >= 4 is 0 Å². The molecule has 0 atom stereocenters. The summed E-state index contributed by atoms with van der Waals surface area (Å²) in [4.78, 5) is 4.55. The summed E-state index contributed by atoms with van der Waals surface area (Å²) < 4.78 is 0. The van der Waals surface area contributed by atoms with Crippen LogP contribution in [0.3, 0.4) is 0 Å². The third kappa shape index (κ3) is 2.76. The van der Waals surface area contributed by atoms with E-state index >= 15 is 0 Å². The lowest BCUT2D eigenvalue weighted by Crippen LogP contribution is -2.31. The van der Waals surface area contributed by atoms with Crippen LogP contribution >= 0.6 is 0 Å². The molecule has 0 unspecified atom stereocenters. The van der Waals surface area contributed by atoms with Crippen molar-refractivity contribution < 1.29 is 0 Å². The standard InChI is InChI=1S/C10H22N2/c1-7-12(8-2)10(9(3)4)11(5)6/h7-8H2,1-6H3. The number of rotatable bonds is 4. The Labute approximate surface area is 76.9 Å². The molecule has 0 aliphatic carbocycles. The molecule has 0 heterocycles. The van der Waals surface area contributed by atoms with Crippen LogP contribution in [-0.2, 0) is 0 Å². The summed E-state index contributed by atoms with van der Waals surface area (Å²) in [6, 6.07) is 0. The average Bonchev–Trinajstić information content (AvgIpc) is 1.98. The topological polar surface area (TPSA) is 6.48 Å². The minimum atomic E-state index is 1.08. The van der Waals surface area contributed by atoms with Gasteiger partial charge in [0.15, 0.2) is 0 Å². The van der Waals surface area contributed by atoms with Crippen molar-refractivity contribution in [3.8, 4) is 0 Å². The van der Waals surface area contributed by atoms with Gasteiger partial charge in [-0.3, -0.25) is 0 Å². The maximum Gasteiger partial charge on any atom is 0.102 e. The second kappa shape index (κ2) is 5.07. The van der Waals surface area contributed by atoms with E-state index in [-0.39, 0.29) is 0 Å². The first kappa shape index (κ1) is 11.3. The second-order valence-electron chi connectivity index (χ2n) is 3.39. The van der Waals surface area contributed by atoms with Gasteiger partial charge in [-0.1, -0.05) is 0 Å². The number of hydrogen-bond acceptors (Lipinski definition) is 2. The van der Waals surface area contributed by atoms with Crippen LogP contribution in [0.15, 0.2) is 11.4 Å². The molecule has 2 heteroatoms. The van der Waals surface area contributed by atoms with Gasteiger partial charge >= 0.3 is 0 Å². The summed E-state index contributed by atoms with van der Waals surface area (Å²) in [5.41, 5.74) is 1.38. The Bertz CT molecular complexity index is 151. The number of allylic oxidation sites excluding steroid dienone is 1. The SMILES string of the molecule is CCN(CC)C(=C(C)C)N(C)C. The Morgan fingerprint density at radius 2 is 1.42 bits per heavy atom. The first-order valence-electron chi connectivity index (χ1n) is 4.64. The van der Waals surface area contributed by atoms with Gasteiger partial charge in [0, 0.05) is 27.2 Å². The molecular weight excluding hydrogens is 148 g/mol. The van der Waals surface area contributed by atoms with E-state index in [4.69, 9.17) is 0 Å². The zero-order chi connectivity index (χ0) is 9.72. The van der Waals surface area contributed by atoms with Crippen molar-refractivity contribution in [1.82, 2.24) is 9.80 Å². The van der Waals surface area contributed by atoms with Crippen LogP contribution in [0, 0.1) is 0 Å². The van der Waals surface area contributed by atoms with Crippen molar-refractivity contribution in [1.29, 1.82) is 0 Å². The first-order valence-corrected chi connectivity index (χ1v) is 4.64. The summed E-state index contributed by atoms with van der Waals surface area (Å²) in [6.07, 6.45) is 0. The molecule has 0 fully saturated rings. The predicted octanol–water partition coefficient (Wildman–Crippen LogP) is 2.14. The molecule has 0 aliphatic rings. The Morgan fingerprint density at radius 3 is 1.50 bits per heavy atom. The van der Waals surface area contributed by atoms with Crippen LogP contribution in [0.1, 0.15) is 27.7 Å². The van der Waals surface area contributed by atoms with Crippen LogP contribution < -0.4 is 0 Å². The first-order chi connectivity index (χ1) is 5.54. The van der Waals surface area contributed by atoms with Crippen LogP contribution in [0.5, 0.6) is 0 Å². The summed E-state index contributed by atoms with van der Waals surface area (Å²) in [7, 11) is 4.20. The maximum atomic E-state index is 2.37. The molecule has 0 saturated heterocycles. The molecule has 0 aromatic rings. The Balaban J connectivity index is 4.62. The van der Waals surface area contributed by atoms with E-state index in [1.54, 1.807) is 0 Å². The van der Waals surface area contributed by atoms with Crippen LogP contribution in [0.25, 0.3) is 0 Å². The molecule has 0 aromatic carbocycles. The average molecular weight is 170 g/mol. The molecule has 0 amide bonds. The lowest BCUT2D eigenvalue weighted by molar-refractivity contribution is 0.273. The van der Waals surface area contributed by atoms with Gasteiger partial charge in [0.1, 0.15) is 5.82 Å². The molecule has 0 rings (SSSR count). The van der Waals surface area contributed by atoms with Crippen molar-refractivity contribution in [2.75, 3.05) is 27.2 Å². The predicted molar refractivity (Wildman–Crippen MR) is 55.0 cm³/mol. The normalized spacial score (nSPS) is 9.50. The van der Waals surface area contributed by atoms with E-state index in [2.05, 4.69) is 51.6 Å². The van der Waals surface area contributed by atoms with Gasteiger partial charge in [-0.2, -0.15) is 0 Å². The summed E-state index contributed by atoms with van der Waals surface area (Å²) in [5.74, 6) is 1.35. The van der Waals surface area contributed by atoms with Crippen LogP contribution in [-0.4, -0.2) is 37.0 Å². The molecular formula is C10H22N2. The molecule has 12 heavy (non-hydrogen) atoms. The quantitative estimate of drug-likeness (QED) is 0.638. The summed E-state index contributed by atoms with van der Waals surface area (Å²) in [5, 5.41) is 0. The molecule has 0 aliphatic heterocycles. The monoisotopic (exact) mass is 170 g/mol. The highest BCUT2D eigenvalue weighted by atomic mass is 15.3. The van der Waals surface area contributed by atoms with E-state index in [1.165, 1.54) is 11.4 Å². The van der Waals surface area contributed by atoms with E-state index in [9.17, 15) is 0 Å². The van der Waals surface area contributed by atoms with Crippen molar-refractivity contribution in [3.63, 3.8) is 0 Å². The van der Waals surface area contributed by atoms with Gasteiger partial charge in [0.2, 0.25) is 0 Å². The van der Waals surface area contributed by atoms with E-state index in [0.717, 1.165) is 13.1 Å². The van der Waals surface area contributed by atoms with Gasteiger partial charge in [-0.25, -0.2) is 0 Å². The lowest BCUT2D eigenvalue weighted by atomic mass is 10.3. The Hall–Kier alpha value is -0.660. The third-order valence-corrected chi connectivity index (χ3v) is 1.93. The number of hydrogen-bond donors (Lipinski definition) is 0. The highest BCUT2D eigenvalue weighted by molar-refractivity contribution is 5.06. The fourth-order valence-electron chi connectivity index (χ4n) is 1.57. The van der Waals surface area contributed by atoms with Crippen LogP contribution in [0.4, 0.5) is 0 Å². The summed E-state index contributed by atoms with van der Waals surface area (Å²) in [6.45, 7) is 10.9. The highest BCUT2D eigenvalue weighted by Crippen LogP contribution is 2.11. The Kier molecular flexibility index (Phi) is 4.79.